The van der Waals surface area contributed by atoms with E-state index in [-0.39, 0.29) is 17.9 Å². The van der Waals surface area contributed by atoms with Gasteiger partial charge in [-0.05, 0) is 24.7 Å². The maximum Gasteiger partial charge on any atom is 0.237 e. The number of amides is 1. The molecule has 3 unspecified atom stereocenters. The first kappa shape index (κ1) is 13.5. The fourth-order valence-corrected chi connectivity index (χ4v) is 1.84. The smallest absolute Gasteiger partial charge is 0.237 e. The topological polar surface area (TPSA) is 64.4 Å². The number of rotatable bonds is 5. The highest BCUT2D eigenvalue weighted by Crippen LogP contribution is 2.12. The van der Waals surface area contributed by atoms with E-state index < -0.39 is 0 Å². The second-order valence-electron chi connectivity index (χ2n) is 4.74. The molecule has 94 valence electrons. The molecule has 0 spiro atoms. The van der Waals surface area contributed by atoms with Crippen molar-refractivity contribution in [3.8, 4) is 0 Å². The third-order valence-electron chi connectivity index (χ3n) is 3.38. The molecule has 0 aliphatic carbocycles. The molecule has 1 aliphatic heterocycles. The normalized spacial score (nSPS) is 24.8. The molecular formula is C12H24N2O2. The molecule has 1 amide bonds. The molecule has 3 atom stereocenters. The Balaban J connectivity index is 2.23. The Labute approximate surface area is 97.9 Å². The lowest BCUT2D eigenvalue weighted by atomic mass is 9.98. The van der Waals surface area contributed by atoms with Gasteiger partial charge in [0.25, 0.3) is 0 Å². The minimum Gasteiger partial charge on any atom is -0.381 e. The van der Waals surface area contributed by atoms with Crippen molar-refractivity contribution >= 4 is 5.91 Å². The van der Waals surface area contributed by atoms with Gasteiger partial charge < -0.3 is 15.8 Å². The largest absolute Gasteiger partial charge is 0.381 e. The number of hydrogen-bond acceptors (Lipinski definition) is 3. The molecule has 1 saturated heterocycles. The van der Waals surface area contributed by atoms with Crippen LogP contribution in [0.1, 0.15) is 33.1 Å². The number of ether oxygens (including phenoxy) is 1. The van der Waals surface area contributed by atoms with Crippen LogP contribution in [0.3, 0.4) is 0 Å². The molecule has 0 radical (unpaired) electrons. The van der Waals surface area contributed by atoms with E-state index in [2.05, 4.69) is 5.32 Å². The van der Waals surface area contributed by atoms with Crippen molar-refractivity contribution in [1.29, 1.82) is 0 Å². The van der Waals surface area contributed by atoms with E-state index in [0.29, 0.717) is 12.5 Å². The summed E-state index contributed by atoms with van der Waals surface area (Å²) in [5, 5.41) is 2.92. The first-order valence-electron chi connectivity index (χ1n) is 6.26. The summed E-state index contributed by atoms with van der Waals surface area (Å²) in [6.07, 6.45) is 3.16. The first-order chi connectivity index (χ1) is 7.65. The fourth-order valence-electron chi connectivity index (χ4n) is 1.84. The van der Waals surface area contributed by atoms with Gasteiger partial charge in [0, 0.05) is 13.2 Å². The predicted octanol–water partition coefficient (Wildman–Crippen LogP) is 0.903. The van der Waals surface area contributed by atoms with Gasteiger partial charge >= 0.3 is 0 Å². The Hall–Kier alpha value is -0.610. The van der Waals surface area contributed by atoms with E-state index in [1.807, 2.05) is 13.8 Å². The quantitative estimate of drug-likeness (QED) is 0.735. The van der Waals surface area contributed by atoms with Crippen molar-refractivity contribution in [2.45, 2.75) is 39.2 Å². The van der Waals surface area contributed by atoms with Gasteiger partial charge in [-0.3, -0.25) is 4.79 Å². The monoisotopic (exact) mass is 228 g/mol. The molecule has 0 aromatic carbocycles. The minimum atomic E-state index is -0.380. The lowest BCUT2D eigenvalue weighted by Crippen LogP contribution is -2.46. The number of carbonyl (C=O) groups is 1. The molecule has 1 fully saturated rings. The van der Waals surface area contributed by atoms with Crippen LogP contribution >= 0.6 is 0 Å². The zero-order valence-corrected chi connectivity index (χ0v) is 10.4. The van der Waals surface area contributed by atoms with Gasteiger partial charge in [0.1, 0.15) is 0 Å². The van der Waals surface area contributed by atoms with Crippen LogP contribution in [0, 0.1) is 11.8 Å². The average Bonchev–Trinajstić information content (AvgIpc) is 2.35. The highest BCUT2D eigenvalue weighted by Gasteiger charge is 2.21. The van der Waals surface area contributed by atoms with Crippen LogP contribution in [-0.4, -0.2) is 31.7 Å². The van der Waals surface area contributed by atoms with E-state index in [9.17, 15) is 4.79 Å². The Kier molecular flexibility index (Phi) is 5.77. The predicted molar refractivity (Wildman–Crippen MR) is 64.0 cm³/mol. The third-order valence-corrected chi connectivity index (χ3v) is 3.38. The van der Waals surface area contributed by atoms with Gasteiger partial charge in [-0.2, -0.15) is 0 Å². The van der Waals surface area contributed by atoms with Gasteiger partial charge in [0.2, 0.25) is 5.91 Å². The number of carbonyl (C=O) groups excluding carboxylic acids is 1. The van der Waals surface area contributed by atoms with Crippen LogP contribution in [0.4, 0.5) is 0 Å². The van der Waals surface area contributed by atoms with Gasteiger partial charge in [-0.15, -0.1) is 0 Å². The van der Waals surface area contributed by atoms with Crippen molar-refractivity contribution < 1.29 is 9.53 Å². The Morgan fingerprint density at radius 3 is 2.94 bits per heavy atom. The molecule has 4 heteroatoms. The number of nitrogens with two attached hydrogens (primary N) is 1. The molecule has 1 aliphatic rings. The maximum atomic E-state index is 11.7. The Morgan fingerprint density at radius 2 is 2.38 bits per heavy atom. The number of nitrogens with one attached hydrogen (secondary N) is 1. The summed E-state index contributed by atoms with van der Waals surface area (Å²) in [6, 6.07) is -0.380. The molecule has 3 N–H and O–H groups in total. The minimum absolute atomic E-state index is 0.0278. The van der Waals surface area contributed by atoms with Crippen LogP contribution in [0.2, 0.25) is 0 Å². The highest BCUT2D eigenvalue weighted by atomic mass is 16.5. The molecule has 0 aromatic heterocycles. The summed E-state index contributed by atoms with van der Waals surface area (Å²) in [6.45, 7) is 6.37. The lowest BCUT2D eigenvalue weighted by molar-refractivity contribution is -0.123. The SMILES string of the molecule is CCC(C)C(N)C(=O)NCC1CCCOC1. The maximum absolute atomic E-state index is 11.7. The summed E-state index contributed by atoms with van der Waals surface area (Å²) < 4.78 is 5.36. The van der Waals surface area contributed by atoms with Crippen molar-refractivity contribution in [2.75, 3.05) is 19.8 Å². The van der Waals surface area contributed by atoms with Gasteiger partial charge in [-0.1, -0.05) is 20.3 Å². The van der Waals surface area contributed by atoms with Crippen molar-refractivity contribution in [2.24, 2.45) is 17.6 Å². The third kappa shape index (κ3) is 4.10. The van der Waals surface area contributed by atoms with Crippen LogP contribution in [0.25, 0.3) is 0 Å². The molecule has 1 heterocycles. The van der Waals surface area contributed by atoms with Crippen LogP contribution < -0.4 is 11.1 Å². The van der Waals surface area contributed by atoms with E-state index in [1.54, 1.807) is 0 Å². The number of hydrogen-bond donors (Lipinski definition) is 2. The van der Waals surface area contributed by atoms with Crippen LogP contribution in [0.5, 0.6) is 0 Å². The average molecular weight is 228 g/mol. The Morgan fingerprint density at radius 1 is 1.62 bits per heavy atom. The summed E-state index contributed by atoms with van der Waals surface area (Å²) >= 11 is 0. The van der Waals surface area contributed by atoms with E-state index in [4.69, 9.17) is 10.5 Å². The molecular weight excluding hydrogens is 204 g/mol. The summed E-state index contributed by atoms with van der Waals surface area (Å²) in [5.74, 6) is 0.671. The lowest BCUT2D eigenvalue weighted by Gasteiger charge is -2.24. The van der Waals surface area contributed by atoms with Gasteiger partial charge in [0.05, 0.1) is 12.6 Å². The summed E-state index contributed by atoms with van der Waals surface area (Å²) in [5.41, 5.74) is 5.84. The van der Waals surface area contributed by atoms with E-state index in [1.165, 1.54) is 0 Å². The standard InChI is InChI=1S/C12H24N2O2/c1-3-9(2)11(13)12(15)14-7-10-5-4-6-16-8-10/h9-11H,3-8,13H2,1-2H3,(H,14,15). The molecule has 0 saturated carbocycles. The molecule has 1 rings (SSSR count). The first-order valence-corrected chi connectivity index (χ1v) is 6.26. The van der Waals surface area contributed by atoms with E-state index in [0.717, 1.165) is 32.5 Å². The van der Waals surface area contributed by atoms with Gasteiger partial charge in [0.15, 0.2) is 0 Å². The van der Waals surface area contributed by atoms with Gasteiger partial charge in [-0.25, -0.2) is 0 Å². The van der Waals surface area contributed by atoms with E-state index >= 15 is 0 Å². The second-order valence-corrected chi connectivity index (χ2v) is 4.74. The van der Waals surface area contributed by atoms with Crippen molar-refractivity contribution in [1.82, 2.24) is 5.32 Å². The Bertz CT molecular complexity index is 215. The fraction of sp³-hybridized carbons (Fsp3) is 0.917. The molecule has 0 aromatic rings. The molecule has 16 heavy (non-hydrogen) atoms. The van der Waals surface area contributed by atoms with Crippen molar-refractivity contribution in [3.63, 3.8) is 0 Å². The summed E-state index contributed by atoms with van der Waals surface area (Å²) in [4.78, 5) is 11.7. The molecule has 4 nitrogen and oxygen atoms in total. The zero-order chi connectivity index (χ0) is 12.0. The zero-order valence-electron chi connectivity index (χ0n) is 10.4. The van der Waals surface area contributed by atoms with Crippen LogP contribution in [0.15, 0.2) is 0 Å². The van der Waals surface area contributed by atoms with Crippen molar-refractivity contribution in [3.05, 3.63) is 0 Å². The van der Waals surface area contributed by atoms with Crippen LogP contribution in [-0.2, 0) is 9.53 Å². The summed E-state index contributed by atoms with van der Waals surface area (Å²) in [7, 11) is 0. The molecule has 0 bridgehead atoms. The highest BCUT2D eigenvalue weighted by molar-refractivity contribution is 5.81. The second kappa shape index (κ2) is 6.86.